The van der Waals surface area contributed by atoms with E-state index in [9.17, 15) is 0 Å². The number of halogens is 2. The standard InChI is InChI=1S/C18H29N7.2ClH/c1-11(2)25-10-20-15-16(24(3)14-8-9-14)22-18(23-17(15)25)21-13-6-4-12(19)5-7-13;;/h10-14H,4-9,19H2,1-3H3,(H,21,22,23);2*1H. The molecule has 0 radical (unpaired) electrons. The summed E-state index contributed by atoms with van der Waals surface area (Å²) >= 11 is 0. The molecule has 2 aromatic heterocycles. The number of anilines is 2. The van der Waals surface area contributed by atoms with Gasteiger partial charge in [-0.3, -0.25) is 0 Å². The average molecular weight is 416 g/mol. The molecule has 2 saturated carbocycles. The van der Waals surface area contributed by atoms with Crippen molar-refractivity contribution >= 4 is 47.7 Å². The fourth-order valence-corrected chi connectivity index (χ4v) is 3.67. The Morgan fingerprint density at radius 1 is 1.11 bits per heavy atom. The zero-order valence-electron chi connectivity index (χ0n) is 16.3. The van der Waals surface area contributed by atoms with Crippen molar-refractivity contribution in [1.82, 2.24) is 19.5 Å². The van der Waals surface area contributed by atoms with E-state index in [1.807, 2.05) is 6.33 Å². The Kier molecular flexibility index (Phi) is 7.16. The highest BCUT2D eigenvalue weighted by Crippen LogP contribution is 2.34. The summed E-state index contributed by atoms with van der Waals surface area (Å²) in [5.74, 6) is 1.67. The molecule has 3 N–H and O–H groups in total. The fraction of sp³-hybridized carbons (Fsp3) is 0.722. The molecule has 0 aromatic carbocycles. The van der Waals surface area contributed by atoms with Crippen LogP contribution in [0.2, 0.25) is 0 Å². The molecular weight excluding hydrogens is 385 g/mol. The highest BCUT2D eigenvalue weighted by atomic mass is 35.5. The SMILES string of the molecule is CC(C)n1cnc2c(N(C)C3CC3)nc(NC3CCC(N)CC3)nc21.Cl.Cl. The van der Waals surface area contributed by atoms with E-state index in [-0.39, 0.29) is 24.8 Å². The molecule has 0 bridgehead atoms. The molecule has 7 nitrogen and oxygen atoms in total. The molecule has 2 aromatic rings. The lowest BCUT2D eigenvalue weighted by molar-refractivity contribution is 0.410. The number of nitrogens with zero attached hydrogens (tertiary/aromatic N) is 5. The van der Waals surface area contributed by atoms with Gasteiger partial charge in [0, 0.05) is 31.2 Å². The van der Waals surface area contributed by atoms with Crippen LogP contribution in [0.15, 0.2) is 6.33 Å². The van der Waals surface area contributed by atoms with Gasteiger partial charge in [-0.1, -0.05) is 0 Å². The molecule has 0 atom stereocenters. The molecule has 0 unspecified atom stereocenters. The average Bonchev–Trinajstić information content (AvgIpc) is 3.35. The number of fused-ring (bicyclic) bond motifs is 1. The monoisotopic (exact) mass is 415 g/mol. The molecule has 2 aliphatic carbocycles. The van der Waals surface area contributed by atoms with Gasteiger partial charge < -0.3 is 20.5 Å². The number of nitrogens with two attached hydrogens (primary N) is 1. The summed E-state index contributed by atoms with van der Waals surface area (Å²) in [7, 11) is 2.12. The van der Waals surface area contributed by atoms with E-state index in [1.54, 1.807) is 0 Å². The summed E-state index contributed by atoms with van der Waals surface area (Å²) in [4.78, 5) is 16.5. The number of nitrogens with one attached hydrogen (secondary N) is 1. The van der Waals surface area contributed by atoms with Gasteiger partial charge >= 0.3 is 0 Å². The van der Waals surface area contributed by atoms with Crippen LogP contribution < -0.4 is 16.0 Å². The predicted molar refractivity (Wildman–Crippen MR) is 115 cm³/mol. The number of aromatic nitrogens is 4. The lowest BCUT2D eigenvalue weighted by Gasteiger charge is -2.27. The number of hydrogen-bond acceptors (Lipinski definition) is 6. The second kappa shape index (κ2) is 8.80. The first-order valence-electron chi connectivity index (χ1n) is 9.52. The summed E-state index contributed by atoms with van der Waals surface area (Å²) < 4.78 is 2.13. The zero-order valence-corrected chi connectivity index (χ0v) is 17.9. The zero-order chi connectivity index (χ0) is 17.6. The van der Waals surface area contributed by atoms with Crippen molar-refractivity contribution in [3.8, 4) is 0 Å². The van der Waals surface area contributed by atoms with Gasteiger partial charge in [-0.05, 0) is 52.4 Å². The molecule has 27 heavy (non-hydrogen) atoms. The van der Waals surface area contributed by atoms with Crippen molar-refractivity contribution < 1.29 is 0 Å². The van der Waals surface area contributed by atoms with Gasteiger partial charge in [-0.15, -0.1) is 24.8 Å². The maximum atomic E-state index is 6.03. The lowest BCUT2D eigenvalue weighted by Crippen LogP contribution is -2.33. The Balaban J connectivity index is 0.00000131. The minimum atomic E-state index is 0. The summed E-state index contributed by atoms with van der Waals surface area (Å²) in [6.07, 6.45) is 8.65. The molecule has 0 saturated heterocycles. The van der Waals surface area contributed by atoms with E-state index >= 15 is 0 Å². The van der Waals surface area contributed by atoms with E-state index in [0.717, 1.165) is 48.6 Å². The molecule has 2 heterocycles. The van der Waals surface area contributed by atoms with Crippen LogP contribution in [0.5, 0.6) is 0 Å². The van der Waals surface area contributed by atoms with Crippen molar-refractivity contribution in [2.24, 2.45) is 5.73 Å². The van der Waals surface area contributed by atoms with Gasteiger partial charge in [-0.2, -0.15) is 9.97 Å². The first-order valence-corrected chi connectivity index (χ1v) is 9.52. The molecular formula is C18H31Cl2N7. The third-order valence-corrected chi connectivity index (χ3v) is 5.49. The first kappa shape index (κ1) is 22.0. The largest absolute Gasteiger partial charge is 0.355 e. The molecule has 4 rings (SSSR count). The van der Waals surface area contributed by atoms with Crippen LogP contribution >= 0.6 is 24.8 Å². The van der Waals surface area contributed by atoms with Crippen molar-refractivity contribution in [1.29, 1.82) is 0 Å². The van der Waals surface area contributed by atoms with Crippen LogP contribution in [0.25, 0.3) is 11.2 Å². The lowest BCUT2D eigenvalue weighted by atomic mass is 9.92. The van der Waals surface area contributed by atoms with Gasteiger partial charge in [-0.25, -0.2) is 4.98 Å². The summed E-state index contributed by atoms with van der Waals surface area (Å²) in [6.45, 7) is 4.31. The van der Waals surface area contributed by atoms with Crippen molar-refractivity contribution in [2.75, 3.05) is 17.3 Å². The van der Waals surface area contributed by atoms with Crippen LogP contribution in [-0.4, -0.2) is 44.7 Å². The molecule has 2 aliphatic rings. The second-order valence-corrected chi connectivity index (χ2v) is 7.89. The summed E-state index contributed by atoms with van der Waals surface area (Å²) in [5.41, 5.74) is 7.85. The predicted octanol–water partition coefficient (Wildman–Crippen LogP) is 3.53. The Morgan fingerprint density at radius 2 is 1.78 bits per heavy atom. The van der Waals surface area contributed by atoms with Crippen LogP contribution in [0.4, 0.5) is 11.8 Å². The quantitative estimate of drug-likeness (QED) is 0.776. The third-order valence-electron chi connectivity index (χ3n) is 5.49. The molecule has 2 fully saturated rings. The normalized spacial score (nSPS) is 22.3. The van der Waals surface area contributed by atoms with Crippen LogP contribution in [0.3, 0.4) is 0 Å². The van der Waals surface area contributed by atoms with Crippen LogP contribution in [0, 0.1) is 0 Å². The van der Waals surface area contributed by atoms with E-state index in [0.29, 0.717) is 24.2 Å². The smallest absolute Gasteiger partial charge is 0.227 e. The van der Waals surface area contributed by atoms with Gasteiger partial charge in [0.05, 0.1) is 6.33 Å². The van der Waals surface area contributed by atoms with E-state index in [2.05, 4.69) is 40.7 Å². The number of rotatable bonds is 5. The minimum Gasteiger partial charge on any atom is -0.355 e. The van der Waals surface area contributed by atoms with Crippen molar-refractivity contribution in [2.45, 2.75) is 76.5 Å². The molecule has 0 aliphatic heterocycles. The van der Waals surface area contributed by atoms with E-state index in [4.69, 9.17) is 15.7 Å². The molecule has 0 spiro atoms. The highest BCUT2D eigenvalue weighted by molar-refractivity contribution is 5.86. The van der Waals surface area contributed by atoms with Gasteiger partial charge in [0.25, 0.3) is 0 Å². The maximum Gasteiger partial charge on any atom is 0.227 e. The van der Waals surface area contributed by atoms with Crippen LogP contribution in [0.1, 0.15) is 58.4 Å². The van der Waals surface area contributed by atoms with E-state index < -0.39 is 0 Å². The van der Waals surface area contributed by atoms with Gasteiger partial charge in [0.1, 0.15) is 0 Å². The highest BCUT2D eigenvalue weighted by Gasteiger charge is 2.30. The van der Waals surface area contributed by atoms with E-state index in [1.165, 1.54) is 12.8 Å². The fourth-order valence-electron chi connectivity index (χ4n) is 3.67. The summed E-state index contributed by atoms with van der Waals surface area (Å²) in [5, 5.41) is 3.56. The topological polar surface area (TPSA) is 84.9 Å². The Labute approximate surface area is 173 Å². The van der Waals surface area contributed by atoms with Crippen LogP contribution in [-0.2, 0) is 0 Å². The van der Waals surface area contributed by atoms with Crippen molar-refractivity contribution in [3.05, 3.63) is 6.33 Å². The molecule has 9 heteroatoms. The maximum absolute atomic E-state index is 6.03. The first-order chi connectivity index (χ1) is 12.0. The van der Waals surface area contributed by atoms with Gasteiger partial charge in [0.15, 0.2) is 17.0 Å². The Bertz CT molecular complexity index is 751. The van der Waals surface area contributed by atoms with Gasteiger partial charge in [0.2, 0.25) is 5.95 Å². The number of hydrogen-bond donors (Lipinski definition) is 2. The summed E-state index contributed by atoms with van der Waals surface area (Å²) in [6, 6.07) is 1.66. The minimum absolute atomic E-state index is 0. The second-order valence-electron chi connectivity index (χ2n) is 7.89. The Morgan fingerprint density at radius 3 is 2.37 bits per heavy atom. The van der Waals surface area contributed by atoms with Crippen molar-refractivity contribution in [3.63, 3.8) is 0 Å². The molecule has 0 amide bonds. The Hall–Kier alpha value is -1.31. The number of imidazole rings is 1. The third kappa shape index (κ3) is 4.58. The molecule has 152 valence electrons.